The van der Waals surface area contributed by atoms with Crippen molar-refractivity contribution in [3.63, 3.8) is 0 Å². The first-order chi connectivity index (χ1) is 9.06. The molecule has 0 aromatic carbocycles. The summed E-state index contributed by atoms with van der Waals surface area (Å²) < 4.78 is 0. The van der Waals surface area contributed by atoms with Crippen LogP contribution in [-0.4, -0.2) is 34.1 Å². The molecule has 104 valence electrons. The zero-order chi connectivity index (χ0) is 13.8. The molecule has 19 heavy (non-hydrogen) atoms. The summed E-state index contributed by atoms with van der Waals surface area (Å²) in [4.78, 5) is 21.5. The second-order valence-corrected chi connectivity index (χ2v) is 5.44. The van der Waals surface area contributed by atoms with Crippen molar-refractivity contribution < 1.29 is 9.90 Å². The number of aryl methyl sites for hydroxylation is 1. The summed E-state index contributed by atoms with van der Waals surface area (Å²) in [6, 6.07) is 1.99. The lowest BCUT2D eigenvalue weighted by atomic mass is 9.84. The van der Waals surface area contributed by atoms with Crippen molar-refractivity contribution in [2.75, 3.05) is 18.0 Å². The quantitative estimate of drug-likeness (QED) is 0.901. The maximum absolute atomic E-state index is 10.8. The summed E-state index contributed by atoms with van der Waals surface area (Å²) in [6.45, 7) is 5.88. The van der Waals surface area contributed by atoms with Gasteiger partial charge in [0.05, 0.1) is 0 Å². The molecule has 2 heterocycles. The molecule has 2 atom stereocenters. The fourth-order valence-electron chi connectivity index (χ4n) is 2.74. The molecule has 1 aliphatic rings. The van der Waals surface area contributed by atoms with Gasteiger partial charge in [0.1, 0.15) is 12.1 Å². The third-order valence-electron chi connectivity index (χ3n) is 3.87. The molecule has 1 fully saturated rings. The van der Waals surface area contributed by atoms with E-state index in [1.54, 1.807) is 6.33 Å². The molecular weight excluding hydrogens is 242 g/mol. The van der Waals surface area contributed by atoms with E-state index in [0.29, 0.717) is 5.92 Å². The van der Waals surface area contributed by atoms with Gasteiger partial charge in [0.15, 0.2) is 0 Å². The summed E-state index contributed by atoms with van der Waals surface area (Å²) >= 11 is 0. The first-order valence-electron chi connectivity index (χ1n) is 6.81. The van der Waals surface area contributed by atoms with Crippen molar-refractivity contribution in [3.05, 3.63) is 18.1 Å². The van der Waals surface area contributed by atoms with E-state index in [2.05, 4.69) is 14.9 Å². The largest absolute Gasteiger partial charge is 0.481 e. The number of carbonyl (C=O) groups is 1. The summed E-state index contributed by atoms with van der Waals surface area (Å²) in [7, 11) is 0. The van der Waals surface area contributed by atoms with E-state index in [1.807, 2.05) is 19.9 Å². The van der Waals surface area contributed by atoms with Gasteiger partial charge in [-0.05, 0) is 31.6 Å². The van der Waals surface area contributed by atoms with Gasteiger partial charge in [0.2, 0.25) is 0 Å². The van der Waals surface area contributed by atoms with Gasteiger partial charge in [-0.15, -0.1) is 0 Å². The lowest BCUT2D eigenvalue weighted by molar-refractivity contribution is -0.138. The van der Waals surface area contributed by atoms with Crippen LogP contribution in [0.4, 0.5) is 5.82 Å². The Morgan fingerprint density at radius 1 is 1.58 bits per heavy atom. The standard InChI is InChI=1S/C14H21N3O2/c1-10(6-14(18)19)12-4-3-5-17(8-12)13-7-11(2)15-9-16-13/h7,9-10,12H,3-6,8H2,1-2H3,(H,18,19). The predicted molar refractivity (Wildman–Crippen MR) is 73.1 cm³/mol. The van der Waals surface area contributed by atoms with Crippen LogP contribution in [0.25, 0.3) is 0 Å². The minimum atomic E-state index is -0.706. The van der Waals surface area contributed by atoms with E-state index in [4.69, 9.17) is 5.11 Å². The van der Waals surface area contributed by atoms with Gasteiger partial charge in [0.25, 0.3) is 0 Å². The number of carboxylic acids is 1. The Kier molecular flexibility index (Phi) is 4.35. The van der Waals surface area contributed by atoms with Gasteiger partial charge in [-0.3, -0.25) is 4.79 Å². The van der Waals surface area contributed by atoms with E-state index in [0.717, 1.165) is 37.4 Å². The Bertz CT molecular complexity index is 450. The Morgan fingerprint density at radius 2 is 2.37 bits per heavy atom. The van der Waals surface area contributed by atoms with Crippen molar-refractivity contribution in [2.24, 2.45) is 11.8 Å². The molecule has 0 saturated carbocycles. The van der Waals surface area contributed by atoms with Crippen LogP contribution in [0.15, 0.2) is 12.4 Å². The van der Waals surface area contributed by atoms with E-state index >= 15 is 0 Å². The number of aliphatic carboxylic acids is 1. The van der Waals surface area contributed by atoms with E-state index < -0.39 is 5.97 Å². The molecule has 0 radical (unpaired) electrons. The van der Waals surface area contributed by atoms with Crippen molar-refractivity contribution in [2.45, 2.75) is 33.1 Å². The van der Waals surface area contributed by atoms with Crippen LogP contribution in [0.5, 0.6) is 0 Å². The number of hydrogen-bond acceptors (Lipinski definition) is 4. The smallest absolute Gasteiger partial charge is 0.303 e. The highest BCUT2D eigenvalue weighted by Gasteiger charge is 2.26. The average molecular weight is 263 g/mol. The molecule has 1 N–H and O–H groups in total. The number of piperidine rings is 1. The molecule has 2 rings (SSSR count). The Morgan fingerprint density at radius 3 is 3.05 bits per heavy atom. The second-order valence-electron chi connectivity index (χ2n) is 5.44. The number of hydrogen-bond donors (Lipinski definition) is 1. The van der Waals surface area contributed by atoms with Crippen LogP contribution >= 0.6 is 0 Å². The molecular formula is C14H21N3O2. The van der Waals surface area contributed by atoms with Gasteiger partial charge in [0, 0.05) is 31.3 Å². The molecule has 2 unspecified atom stereocenters. The Labute approximate surface area is 113 Å². The highest BCUT2D eigenvalue weighted by Crippen LogP contribution is 2.28. The van der Waals surface area contributed by atoms with Crippen LogP contribution < -0.4 is 4.90 Å². The van der Waals surface area contributed by atoms with Gasteiger partial charge in [-0.2, -0.15) is 0 Å². The minimum absolute atomic E-state index is 0.211. The molecule has 0 amide bonds. The Balaban J connectivity index is 2.02. The van der Waals surface area contributed by atoms with Gasteiger partial charge < -0.3 is 10.0 Å². The zero-order valence-corrected chi connectivity index (χ0v) is 11.5. The van der Waals surface area contributed by atoms with Crippen LogP contribution in [0.2, 0.25) is 0 Å². The first-order valence-corrected chi connectivity index (χ1v) is 6.81. The monoisotopic (exact) mass is 263 g/mol. The molecule has 1 aromatic heterocycles. The molecule has 1 aromatic rings. The van der Waals surface area contributed by atoms with Crippen LogP contribution in [0, 0.1) is 18.8 Å². The first kappa shape index (κ1) is 13.8. The maximum atomic E-state index is 10.8. The normalized spacial score (nSPS) is 21.2. The zero-order valence-electron chi connectivity index (χ0n) is 11.5. The van der Waals surface area contributed by atoms with Crippen molar-refractivity contribution in [3.8, 4) is 0 Å². The topological polar surface area (TPSA) is 66.3 Å². The van der Waals surface area contributed by atoms with Gasteiger partial charge in [-0.25, -0.2) is 9.97 Å². The molecule has 0 bridgehead atoms. The van der Waals surface area contributed by atoms with Crippen LogP contribution in [-0.2, 0) is 4.79 Å². The van der Waals surface area contributed by atoms with Gasteiger partial charge >= 0.3 is 5.97 Å². The van der Waals surface area contributed by atoms with Crippen molar-refractivity contribution >= 4 is 11.8 Å². The second kappa shape index (κ2) is 5.99. The summed E-state index contributed by atoms with van der Waals surface area (Å²) in [5, 5.41) is 8.90. The fourth-order valence-corrected chi connectivity index (χ4v) is 2.74. The molecule has 1 aliphatic heterocycles. The lowest BCUT2D eigenvalue weighted by Gasteiger charge is -2.36. The lowest BCUT2D eigenvalue weighted by Crippen LogP contribution is -2.38. The van der Waals surface area contributed by atoms with E-state index in [1.165, 1.54) is 0 Å². The number of rotatable bonds is 4. The molecule has 1 saturated heterocycles. The number of aromatic nitrogens is 2. The van der Waals surface area contributed by atoms with Crippen LogP contribution in [0.1, 0.15) is 31.9 Å². The Hall–Kier alpha value is -1.65. The third kappa shape index (κ3) is 3.66. The highest BCUT2D eigenvalue weighted by atomic mass is 16.4. The summed E-state index contributed by atoms with van der Waals surface area (Å²) in [6.07, 6.45) is 4.04. The molecule has 0 spiro atoms. The van der Waals surface area contributed by atoms with E-state index in [9.17, 15) is 4.79 Å². The molecule has 0 aliphatic carbocycles. The van der Waals surface area contributed by atoms with Crippen molar-refractivity contribution in [1.29, 1.82) is 0 Å². The molecule has 5 nitrogen and oxygen atoms in total. The minimum Gasteiger partial charge on any atom is -0.481 e. The van der Waals surface area contributed by atoms with Crippen molar-refractivity contribution in [1.82, 2.24) is 9.97 Å². The average Bonchev–Trinajstić information content (AvgIpc) is 2.38. The number of nitrogens with zero attached hydrogens (tertiary/aromatic N) is 3. The maximum Gasteiger partial charge on any atom is 0.303 e. The summed E-state index contributed by atoms with van der Waals surface area (Å²) in [5.41, 5.74) is 0.964. The van der Waals surface area contributed by atoms with Gasteiger partial charge in [-0.1, -0.05) is 6.92 Å². The number of anilines is 1. The van der Waals surface area contributed by atoms with Crippen LogP contribution in [0.3, 0.4) is 0 Å². The predicted octanol–water partition coefficient (Wildman–Crippen LogP) is 2.11. The fraction of sp³-hybridized carbons (Fsp3) is 0.643. The third-order valence-corrected chi connectivity index (χ3v) is 3.87. The number of carboxylic acid groups (broad SMARTS) is 1. The molecule has 5 heteroatoms. The van der Waals surface area contributed by atoms with E-state index in [-0.39, 0.29) is 12.3 Å². The highest BCUT2D eigenvalue weighted by molar-refractivity contribution is 5.67. The SMILES string of the molecule is Cc1cc(N2CCCC(C(C)CC(=O)O)C2)ncn1. The summed E-state index contributed by atoms with van der Waals surface area (Å²) in [5.74, 6) is 0.894.